The van der Waals surface area contributed by atoms with Gasteiger partial charge >= 0.3 is 0 Å². The molecule has 0 spiro atoms. The first kappa shape index (κ1) is 13.7. The molecule has 3 heteroatoms. The van der Waals surface area contributed by atoms with Crippen LogP contribution in [0.3, 0.4) is 0 Å². The molecule has 0 unspecified atom stereocenters. The van der Waals surface area contributed by atoms with E-state index in [-0.39, 0.29) is 0 Å². The molecule has 0 bridgehead atoms. The summed E-state index contributed by atoms with van der Waals surface area (Å²) in [6.07, 6.45) is 0. The molecule has 0 aromatic heterocycles. The van der Waals surface area contributed by atoms with Crippen LogP contribution < -0.4 is 5.32 Å². The van der Waals surface area contributed by atoms with Crippen molar-refractivity contribution in [2.45, 2.75) is 33.4 Å². The second kappa shape index (κ2) is 7.05. The van der Waals surface area contributed by atoms with E-state index in [1.54, 1.807) is 0 Å². The van der Waals surface area contributed by atoms with Gasteiger partial charge in [0.15, 0.2) is 0 Å². The van der Waals surface area contributed by atoms with E-state index in [4.69, 9.17) is 10.00 Å². The minimum absolute atomic E-state index is 0.496. The normalized spacial score (nSPS) is 10.5. The van der Waals surface area contributed by atoms with E-state index in [0.29, 0.717) is 24.8 Å². The summed E-state index contributed by atoms with van der Waals surface area (Å²) in [5.74, 6) is 0. The topological polar surface area (TPSA) is 45.0 Å². The van der Waals surface area contributed by atoms with Gasteiger partial charge in [0.25, 0.3) is 0 Å². The zero-order valence-electron chi connectivity index (χ0n) is 10.8. The van der Waals surface area contributed by atoms with Crippen molar-refractivity contribution in [1.82, 2.24) is 5.32 Å². The van der Waals surface area contributed by atoms with Gasteiger partial charge in [0.1, 0.15) is 0 Å². The maximum atomic E-state index is 8.76. The number of hydrogen-bond donors (Lipinski definition) is 1. The molecule has 0 aliphatic rings. The third-order valence-electron chi connectivity index (χ3n) is 2.53. The molecule has 0 amide bonds. The Morgan fingerprint density at radius 3 is 2.76 bits per heavy atom. The molecule has 3 nitrogen and oxygen atoms in total. The van der Waals surface area contributed by atoms with Crippen LogP contribution in [-0.4, -0.2) is 19.2 Å². The third-order valence-corrected chi connectivity index (χ3v) is 2.53. The van der Waals surface area contributed by atoms with Crippen LogP contribution in [0.5, 0.6) is 0 Å². The highest BCUT2D eigenvalue weighted by Gasteiger charge is 2.00. The highest BCUT2D eigenvalue weighted by Crippen LogP contribution is 2.11. The highest BCUT2D eigenvalue weighted by atomic mass is 16.5. The summed E-state index contributed by atoms with van der Waals surface area (Å²) < 4.78 is 5.58. The maximum absolute atomic E-state index is 8.76. The van der Waals surface area contributed by atoms with Gasteiger partial charge in [0.2, 0.25) is 0 Å². The van der Waals surface area contributed by atoms with Crippen LogP contribution >= 0.6 is 0 Å². The first-order valence-electron chi connectivity index (χ1n) is 5.94. The second-order valence-corrected chi connectivity index (χ2v) is 4.41. The maximum Gasteiger partial charge on any atom is 0.0991 e. The molecule has 0 atom stereocenters. The van der Waals surface area contributed by atoms with Gasteiger partial charge in [0.05, 0.1) is 24.8 Å². The Balaban J connectivity index is 2.35. The van der Waals surface area contributed by atoms with Gasteiger partial charge in [-0.1, -0.05) is 19.9 Å². The number of nitriles is 1. The van der Waals surface area contributed by atoms with Gasteiger partial charge in [-0.05, 0) is 30.2 Å². The number of benzene rings is 1. The van der Waals surface area contributed by atoms with Gasteiger partial charge in [-0.15, -0.1) is 0 Å². The molecule has 1 N–H and O–H groups in total. The molecule has 0 saturated heterocycles. The van der Waals surface area contributed by atoms with Crippen molar-refractivity contribution in [3.63, 3.8) is 0 Å². The van der Waals surface area contributed by atoms with Gasteiger partial charge in [-0.3, -0.25) is 0 Å². The van der Waals surface area contributed by atoms with Crippen LogP contribution in [0.25, 0.3) is 0 Å². The zero-order valence-corrected chi connectivity index (χ0v) is 10.8. The SMILES string of the molecule is Cc1cc(C#N)ccc1COCCNC(C)C. The van der Waals surface area contributed by atoms with Gasteiger partial charge in [0, 0.05) is 12.6 Å². The fourth-order valence-electron chi connectivity index (χ4n) is 1.53. The van der Waals surface area contributed by atoms with E-state index >= 15 is 0 Å². The Morgan fingerprint density at radius 1 is 1.41 bits per heavy atom. The van der Waals surface area contributed by atoms with Crippen molar-refractivity contribution < 1.29 is 4.74 Å². The van der Waals surface area contributed by atoms with E-state index in [1.807, 2.05) is 25.1 Å². The summed E-state index contributed by atoms with van der Waals surface area (Å²) in [5.41, 5.74) is 2.96. The minimum atomic E-state index is 0.496. The predicted octanol–water partition coefficient (Wildman–Crippen LogP) is 2.38. The lowest BCUT2D eigenvalue weighted by molar-refractivity contribution is 0.121. The molecule has 92 valence electrons. The average Bonchev–Trinajstić information content (AvgIpc) is 2.30. The monoisotopic (exact) mass is 232 g/mol. The fraction of sp³-hybridized carbons (Fsp3) is 0.500. The Morgan fingerprint density at radius 2 is 2.18 bits per heavy atom. The summed E-state index contributed by atoms with van der Waals surface area (Å²) in [6, 6.07) is 8.32. The first-order valence-corrected chi connectivity index (χ1v) is 5.94. The van der Waals surface area contributed by atoms with Crippen LogP contribution in [0.4, 0.5) is 0 Å². The van der Waals surface area contributed by atoms with Crippen LogP contribution in [0, 0.1) is 18.3 Å². The van der Waals surface area contributed by atoms with E-state index < -0.39 is 0 Å². The van der Waals surface area contributed by atoms with E-state index in [9.17, 15) is 0 Å². The van der Waals surface area contributed by atoms with E-state index in [0.717, 1.165) is 17.7 Å². The van der Waals surface area contributed by atoms with E-state index in [2.05, 4.69) is 25.2 Å². The fourth-order valence-corrected chi connectivity index (χ4v) is 1.53. The lowest BCUT2D eigenvalue weighted by Gasteiger charge is -2.10. The number of aryl methyl sites for hydroxylation is 1. The standard InChI is InChI=1S/C14H20N2O/c1-11(2)16-6-7-17-10-14-5-4-13(9-15)8-12(14)3/h4-5,8,11,16H,6-7,10H2,1-3H3. The van der Waals surface area contributed by atoms with Crippen molar-refractivity contribution in [3.05, 3.63) is 34.9 Å². The van der Waals surface area contributed by atoms with Crippen LogP contribution in [-0.2, 0) is 11.3 Å². The molecule has 0 aliphatic carbocycles. The number of hydrogen-bond acceptors (Lipinski definition) is 3. The average molecular weight is 232 g/mol. The number of ether oxygens (including phenoxy) is 1. The summed E-state index contributed by atoms with van der Waals surface area (Å²) in [4.78, 5) is 0. The van der Waals surface area contributed by atoms with Crippen LogP contribution in [0.1, 0.15) is 30.5 Å². The lowest BCUT2D eigenvalue weighted by atomic mass is 10.1. The van der Waals surface area contributed by atoms with Crippen molar-refractivity contribution in [3.8, 4) is 6.07 Å². The lowest BCUT2D eigenvalue weighted by Crippen LogP contribution is -2.26. The van der Waals surface area contributed by atoms with Crippen molar-refractivity contribution in [2.24, 2.45) is 0 Å². The number of rotatable bonds is 6. The van der Waals surface area contributed by atoms with E-state index in [1.165, 1.54) is 0 Å². The van der Waals surface area contributed by atoms with Crippen molar-refractivity contribution >= 4 is 0 Å². The summed E-state index contributed by atoms with van der Waals surface area (Å²) in [5, 5.41) is 12.1. The Kier molecular flexibility index (Phi) is 5.68. The molecule has 0 saturated carbocycles. The Hall–Kier alpha value is -1.37. The summed E-state index contributed by atoms with van der Waals surface area (Å²) in [7, 11) is 0. The van der Waals surface area contributed by atoms with Crippen LogP contribution in [0.15, 0.2) is 18.2 Å². The third kappa shape index (κ3) is 4.99. The summed E-state index contributed by atoms with van der Waals surface area (Å²) >= 11 is 0. The minimum Gasteiger partial charge on any atom is -0.375 e. The quantitative estimate of drug-likeness (QED) is 0.766. The molecular formula is C14H20N2O. The summed E-state index contributed by atoms with van der Waals surface area (Å²) in [6.45, 7) is 8.42. The molecule has 0 fully saturated rings. The molecule has 1 rings (SSSR count). The Labute approximate surface area is 103 Å². The predicted molar refractivity (Wildman–Crippen MR) is 68.7 cm³/mol. The van der Waals surface area contributed by atoms with Crippen LogP contribution in [0.2, 0.25) is 0 Å². The molecule has 1 aromatic carbocycles. The zero-order chi connectivity index (χ0) is 12.7. The molecule has 0 aliphatic heterocycles. The molecule has 0 radical (unpaired) electrons. The van der Waals surface area contributed by atoms with Crippen molar-refractivity contribution in [1.29, 1.82) is 5.26 Å². The largest absolute Gasteiger partial charge is 0.375 e. The molecule has 17 heavy (non-hydrogen) atoms. The number of nitrogens with one attached hydrogen (secondary N) is 1. The molecule has 1 aromatic rings. The smallest absolute Gasteiger partial charge is 0.0991 e. The second-order valence-electron chi connectivity index (χ2n) is 4.41. The molecule has 0 heterocycles. The molecular weight excluding hydrogens is 212 g/mol. The first-order chi connectivity index (χ1) is 8.13. The number of nitrogens with zero attached hydrogens (tertiary/aromatic N) is 1. The highest BCUT2D eigenvalue weighted by molar-refractivity contribution is 5.37. The Bertz CT molecular complexity index is 394. The van der Waals surface area contributed by atoms with Gasteiger partial charge in [-0.2, -0.15) is 5.26 Å². The van der Waals surface area contributed by atoms with Gasteiger partial charge in [-0.25, -0.2) is 0 Å². The van der Waals surface area contributed by atoms with Crippen molar-refractivity contribution in [2.75, 3.05) is 13.2 Å². The van der Waals surface area contributed by atoms with Gasteiger partial charge < -0.3 is 10.1 Å².